The van der Waals surface area contributed by atoms with Crippen LogP contribution in [0.25, 0.3) is 0 Å². The zero-order valence-electron chi connectivity index (χ0n) is 16.5. The van der Waals surface area contributed by atoms with Crippen LogP contribution in [0.2, 0.25) is 0 Å². The van der Waals surface area contributed by atoms with Gasteiger partial charge in [-0.15, -0.1) is 0 Å². The van der Waals surface area contributed by atoms with E-state index in [9.17, 15) is 4.79 Å². The Labute approximate surface area is 175 Å². The maximum Gasteiger partial charge on any atom is 0.280 e. The Kier molecular flexibility index (Phi) is 7.17. The zero-order valence-corrected chi connectivity index (χ0v) is 16.5. The SMILES string of the molecule is CC(Oc1ccc(C#N)cc1)C(=O)N/N=C/c1ccc(OCc2ccccc2)cc1. The number of hydrogen-bond acceptors (Lipinski definition) is 5. The summed E-state index contributed by atoms with van der Waals surface area (Å²) in [6.45, 7) is 2.13. The summed E-state index contributed by atoms with van der Waals surface area (Å²) < 4.78 is 11.3. The Balaban J connectivity index is 1.45. The Bertz CT molecular complexity index is 1020. The molecule has 0 aromatic heterocycles. The number of benzene rings is 3. The first-order chi connectivity index (χ1) is 14.6. The lowest BCUT2D eigenvalue weighted by Crippen LogP contribution is -2.33. The molecular formula is C24H21N3O3. The van der Waals surface area contributed by atoms with Crippen LogP contribution in [0.1, 0.15) is 23.6 Å². The predicted octanol–water partition coefficient (Wildman–Crippen LogP) is 4.05. The molecule has 0 aliphatic carbocycles. The Hall–Kier alpha value is -4.11. The molecule has 0 saturated carbocycles. The molecule has 0 saturated heterocycles. The number of nitriles is 1. The Morgan fingerprint density at radius 1 is 1.03 bits per heavy atom. The fourth-order valence-corrected chi connectivity index (χ4v) is 2.52. The van der Waals surface area contributed by atoms with Gasteiger partial charge < -0.3 is 9.47 Å². The number of hydrogen-bond donors (Lipinski definition) is 1. The molecule has 0 aliphatic heterocycles. The van der Waals surface area contributed by atoms with Gasteiger partial charge in [-0.25, -0.2) is 5.43 Å². The van der Waals surface area contributed by atoms with Gasteiger partial charge in [-0.1, -0.05) is 30.3 Å². The van der Waals surface area contributed by atoms with E-state index in [4.69, 9.17) is 14.7 Å². The molecule has 6 heteroatoms. The van der Waals surface area contributed by atoms with Crippen molar-refractivity contribution in [3.8, 4) is 17.6 Å². The average Bonchev–Trinajstić information content (AvgIpc) is 2.79. The molecule has 0 radical (unpaired) electrons. The summed E-state index contributed by atoms with van der Waals surface area (Å²) in [7, 11) is 0. The van der Waals surface area contributed by atoms with Gasteiger partial charge in [-0.05, 0) is 66.6 Å². The summed E-state index contributed by atoms with van der Waals surface area (Å²) in [5.41, 5.74) is 4.91. The second kappa shape index (κ2) is 10.4. The molecule has 3 aromatic rings. The van der Waals surface area contributed by atoms with E-state index in [-0.39, 0.29) is 5.91 Å². The van der Waals surface area contributed by atoms with Crippen LogP contribution in [0.3, 0.4) is 0 Å². The number of carbonyl (C=O) groups excluding carboxylic acids is 1. The van der Waals surface area contributed by atoms with Gasteiger partial charge >= 0.3 is 0 Å². The Morgan fingerprint density at radius 2 is 1.70 bits per heavy atom. The molecular weight excluding hydrogens is 378 g/mol. The number of nitrogens with one attached hydrogen (secondary N) is 1. The van der Waals surface area contributed by atoms with Gasteiger partial charge in [0.15, 0.2) is 6.10 Å². The lowest BCUT2D eigenvalue weighted by atomic mass is 10.2. The first kappa shape index (κ1) is 20.6. The van der Waals surface area contributed by atoms with Crippen LogP contribution >= 0.6 is 0 Å². The number of nitrogens with zero attached hydrogens (tertiary/aromatic N) is 2. The van der Waals surface area contributed by atoms with Crippen LogP contribution < -0.4 is 14.9 Å². The zero-order chi connectivity index (χ0) is 21.2. The maximum absolute atomic E-state index is 12.1. The molecule has 0 heterocycles. The predicted molar refractivity (Wildman–Crippen MR) is 114 cm³/mol. The lowest BCUT2D eigenvalue weighted by molar-refractivity contribution is -0.127. The first-order valence-electron chi connectivity index (χ1n) is 9.40. The largest absolute Gasteiger partial charge is 0.489 e. The minimum atomic E-state index is -0.733. The van der Waals surface area contributed by atoms with Gasteiger partial charge in [-0.3, -0.25) is 4.79 Å². The molecule has 30 heavy (non-hydrogen) atoms. The molecule has 0 bridgehead atoms. The normalized spacial score (nSPS) is 11.5. The van der Waals surface area contributed by atoms with Gasteiger partial charge in [0, 0.05) is 0 Å². The van der Waals surface area contributed by atoms with Gasteiger partial charge in [0.1, 0.15) is 18.1 Å². The monoisotopic (exact) mass is 399 g/mol. The van der Waals surface area contributed by atoms with E-state index < -0.39 is 6.10 Å². The third kappa shape index (κ3) is 6.21. The minimum Gasteiger partial charge on any atom is -0.489 e. The smallest absolute Gasteiger partial charge is 0.280 e. The maximum atomic E-state index is 12.1. The van der Waals surface area contributed by atoms with Crippen LogP contribution in [0.15, 0.2) is 84.0 Å². The molecule has 1 unspecified atom stereocenters. The highest BCUT2D eigenvalue weighted by Gasteiger charge is 2.13. The molecule has 3 aromatic carbocycles. The van der Waals surface area contributed by atoms with Gasteiger partial charge in [-0.2, -0.15) is 10.4 Å². The van der Waals surface area contributed by atoms with Crippen LogP contribution in [0.5, 0.6) is 11.5 Å². The lowest BCUT2D eigenvalue weighted by Gasteiger charge is -2.12. The highest BCUT2D eigenvalue weighted by atomic mass is 16.5. The van der Waals surface area contributed by atoms with Crippen molar-refractivity contribution in [1.82, 2.24) is 5.43 Å². The number of ether oxygens (including phenoxy) is 2. The summed E-state index contributed by atoms with van der Waals surface area (Å²) in [6.07, 6.45) is 0.816. The molecule has 1 N–H and O–H groups in total. The van der Waals surface area contributed by atoms with E-state index in [0.29, 0.717) is 17.9 Å². The van der Waals surface area contributed by atoms with E-state index in [0.717, 1.165) is 16.9 Å². The highest BCUT2D eigenvalue weighted by Crippen LogP contribution is 2.14. The van der Waals surface area contributed by atoms with Crippen molar-refractivity contribution in [2.45, 2.75) is 19.6 Å². The van der Waals surface area contributed by atoms with Crippen LogP contribution in [0, 0.1) is 11.3 Å². The number of hydrazone groups is 1. The van der Waals surface area contributed by atoms with Crippen molar-refractivity contribution in [2.75, 3.05) is 0 Å². The third-order valence-electron chi connectivity index (χ3n) is 4.18. The number of amides is 1. The van der Waals surface area contributed by atoms with Crippen LogP contribution in [0.4, 0.5) is 0 Å². The topological polar surface area (TPSA) is 83.7 Å². The Morgan fingerprint density at radius 3 is 2.37 bits per heavy atom. The molecule has 0 fully saturated rings. The second-order valence-electron chi connectivity index (χ2n) is 6.47. The van der Waals surface area contributed by atoms with Crippen molar-refractivity contribution in [3.63, 3.8) is 0 Å². The van der Waals surface area contributed by atoms with E-state index in [1.165, 1.54) is 0 Å². The van der Waals surface area contributed by atoms with E-state index in [2.05, 4.69) is 10.5 Å². The van der Waals surface area contributed by atoms with Crippen molar-refractivity contribution < 1.29 is 14.3 Å². The minimum absolute atomic E-state index is 0.376. The van der Waals surface area contributed by atoms with Gasteiger partial charge in [0.05, 0.1) is 17.8 Å². The summed E-state index contributed by atoms with van der Waals surface area (Å²) in [5.74, 6) is 0.884. The fourth-order valence-electron chi connectivity index (χ4n) is 2.52. The summed E-state index contributed by atoms with van der Waals surface area (Å²) >= 11 is 0. The molecule has 1 amide bonds. The first-order valence-corrected chi connectivity index (χ1v) is 9.40. The molecule has 1 atom stereocenters. The van der Waals surface area contributed by atoms with Crippen LogP contribution in [-0.2, 0) is 11.4 Å². The molecule has 0 aliphatic rings. The average molecular weight is 399 g/mol. The van der Waals surface area contributed by atoms with E-state index in [1.54, 1.807) is 37.4 Å². The quantitative estimate of drug-likeness (QED) is 0.457. The highest BCUT2D eigenvalue weighted by molar-refractivity contribution is 5.84. The van der Waals surface area contributed by atoms with E-state index in [1.807, 2.05) is 60.7 Å². The molecule has 3 rings (SSSR count). The van der Waals surface area contributed by atoms with Gasteiger partial charge in [0.2, 0.25) is 0 Å². The molecule has 150 valence electrons. The van der Waals surface area contributed by atoms with Crippen LogP contribution in [-0.4, -0.2) is 18.2 Å². The summed E-state index contributed by atoms with van der Waals surface area (Å²) in [5, 5.41) is 12.8. The number of carbonyl (C=O) groups is 1. The van der Waals surface area contributed by atoms with Crippen molar-refractivity contribution in [2.24, 2.45) is 5.10 Å². The third-order valence-corrected chi connectivity index (χ3v) is 4.18. The summed E-state index contributed by atoms with van der Waals surface area (Å²) in [6, 6.07) is 25.9. The van der Waals surface area contributed by atoms with E-state index >= 15 is 0 Å². The second-order valence-corrected chi connectivity index (χ2v) is 6.47. The summed E-state index contributed by atoms with van der Waals surface area (Å²) in [4.78, 5) is 12.1. The number of rotatable bonds is 8. The van der Waals surface area contributed by atoms with Crippen molar-refractivity contribution >= 4 is 12.1 Å². The van der Waals surface area contributed by atoms with Crippen molar-refractivity contribution in [1.29, 1.82) is 5.26 Å². The van der Waals surface area contributed by atoms with Gasteiger partial charge in [0.25, 0.3) is 5.91 Å². The molecule has 0 spiro atoms. The fraction of sp³-hybridized carbons (Fsp3) is 0.125. The molecule has 6 nitrogen and oxygen atoms in total. The van der Waals surface area contributed by atoms with Crippen molar-refractivity contribution in [3.05, 3.63) is 95.6 Å². The standard InChI is InChI=1S/C24H21N3O3/c1-18(30-23-13-7-19(15-25)8-14-23)24(28)27-26-16-20-9-11-22(12-10-20)29-17-21-5-3-2-4-6-21/h2-14,16,18H,17H2,1H3,(H,27,28)/b26-16+.